The quantitative estimate of drug-likeness (QED) is 0.753. The first-order valence-electron chi connectivity index (χ1n) is 11.5. The molecule has 1 aromatic rings. The summed E-state index contributed by atoms with van der Waals surface area (Å²) in [5, 5.41) is 2.99. The van der Waals surface area contributed by atoms with Crippen LogP contribution in [0.25, 0.3) is 0 Å². The van der Waals surface area contributed by atoms with Crippen molar-refractivity contribution in [1.29, 1.82) is 0 Å². The first kappa shape index (κ1) is 19.6. The summed E-state index contributed by atoms with van der Waals surface area (Å²) in [5.41, 5.74) is 0.763. The summed E-state index contributed by atoms with van der Waals surface area (Å²) < 4.78 is 5.43. The van der Waals surface area contributed by atoms with E-state index in [2.05, 4.69) is 5.32 Å². The maximum absolute atomic E-state index is 13.0. The fraction of sp³-hybridized carbons (Fsp3) is 0.625. The Morgan fingerprint density at radius 2 is 1.57 bits per heavy atom. The summed E-state index contributed by atoms with van der Waals surface area (Å²) in [6.07, 6.45) is 6.17. The van der Waals surface area contributed by atoms with Crippen LogP contribution < -0.4 is 10.1 Å². The lowest BCUT2D eigenvalue weighted by Crippen LogP contribution is -2.44. The van der Waals surface area contributed by atoms with Crippen molar-refractivity contribution in [3.05, 3.63) is 24.3 Å². The number of amides is 3. The van der Waals surface area contributed by atoms with Crippen molar-refractivity contribution in [3.63, 3.8) is 0 Å². The van der Waals surface area contributed by atoms with E-state index in [9.17, 15) is 14.4 Å². The van der Waals surface area contributed by atoms with E-state index >= 15 is 0 Å². The Bertz CT molecular complexity index is 815. The normalized spacial score (nSPS) is 34.9. The first-order valence-corrected chi connectivity index (χ1v) is 11.5. The lowest BCUT2D eigenvalue weighted by Gasteiger charge is -2.33. The van der Waals surface area contributed by atoms with Crippen molar-refractivity contribution in [2.24, 2.45) is 29.6 Å². The van der Waals surface area contributed by atoms with Gasteiger partial charge in [0.05, 0.1) is 18.4 Å². The lowest BCUT2D eigenvalue weighted by molar-refractivity contribution is -0.144. The fourth-order valence-corrected chi connectivity index (χ4v) is 6.43. The number of nitrogens with one attached hydrogen (secondary N) is 1. The molecule has 5 rings (SSSR count). The second-order valence-corrected chi connectivity index (χ2v) is 9.38. The first-order chi connectivity index (χ1) is 14.6. The standard InChI is InChI=1S/C24H30N2O4/c1-2-30-19-11-7-17(8-12-19)25-22(27)14-5-9-18(10-6-14)26-23(28)20-15-3-4-16(13-15)21(20)24(26)29/h7-8,11-12,14-16,18,20-21H,2-6,9-10,13H2,1H3,(H,25,27)/t14?,15-,16-,18?,20+,21+/m0/s1. The highest BCUT2D eigenvalue weighted by molar-refractivity contribution is 6.06. The number of hydrogen-bond donors (Lipinski definition) is 1. The van der Waals surface area contributed by atoms with Crippen LogP contribution in [-0.4, -0.2) is 35.3 Å². The second kappa shape index (κ2) is 7.71. The number of anilines is 1. The van der Waals surface area contributed by atoms with Crippen molar-refractivity contribution in [2.75, 3.05) is 11.9 Å². The van der Waals surface area contributed by atoms with E-state index in [4.69, 9.17) is 4.74 Å². The van der Waals surface area contributed by atoms with Crippen molar-refractivity contribution < 1.29 is 19.1 Å². The Morgan fingerprint density at radius 1 is 0.967 bits per heavy atom. The zero-order chi connectivity index (χ0) is 20.8. The molecule has 0 spiro atoms. The van der Waals surface area contributed by atoms with E-state index < -0.39 is 0 Å². The predicted octanol–water partition coefficient (Wildman–Crippen LogP) is 3.61. The topological polar surface area (TPSA) is 75.7 Å². The predicted molar refractivity (Wildman–Crippen MR) is 112 cm³/mol. The van der Waals surface area contributed by atoms with Gasteiger partial charge in [-0.25, -0.2) is 0 Å². The number of imide groups is 1. The Labute approximate surface area is 177 Å². The van der Waals surface area contributed by atoms with Crippen LogP contribution in [0.4, 0.5) is 5.69 Å². The number of carbonyl (C=O) groups excluding carboxylic acids is 3. The van der Waals surface area contributed by atoms with Gasteiger partial charge in [0.2, 0.25) is 17.7 Å². The number of benzene rings is 1. The number of hydrogen-bond acceptors (Lipinski definition) is 4. The molecule has 1 saturated heterocycles. The van der Waals surface area contributed by atoms with Crippen molar-refractivity contribution in [1.82, 2.24) is 4.90 Å². The molecule has 30 heavy (non-hydrogen) atoms. The third-order valence-electron chi connectivity index (χ3n) is 7.83. The van der Waals surface area contributed by atoms with Gasteiger partial charge >= 0.3 is 0 Å². The minimum Gasteiger partial charge on any atom is -0.494 e. The van der Waals surface area contributed by atoms with Crippen LogP contribution >= 0.6 is 0 Å². The van der Waals surface area contributed by atoms with Crippen LogP contribution in [0, 0.1) is 29.6 Å². The molecule has 6 heteroatoms. The molecule has 160 valence electrons. The zero-order valence-electron chi connectivity index (χ0n) is 17.5. The van der Waals surface area contributed by atoms with E-state index in [1.54, 1.807) is 4.90 Å². The SMILES string of the molecule is CCOc1ccc(NC(=O)C2CCC(N3C(=O)[C@@H]4[C@H]5CC[C@@H](C5)[C@H]4C3=O)CC2)cc1. The van der Waals surface area contributed by atoms with Crippen LogP contribution in [0.15, 0.2) is 24.3 Å². The van der Waals surface area contributed by atoms with Crippen LogP contribution in [-0.2, 0) is 14.4 Å². The molecule has 4 atom stereocenters. The summed E-state index contributed by atoms with van der Waals surface area (Å²) >= 11 is 0. The average molecular weight is 411 g/mol. The summed E-state index contributed by atoms with van der Waals surface area (Å²) in [4.78, 5) is 40.4. The van der Waals surface area contributed by atoms with Gasteiger partial charge in [0.25, 0.3) is 0 Å². The molecule has 4 fully saturated rings. The van der Waals surface area contributed by atoms with Crippen LogP contribution in [0.2, 0.25) is 0 Å². The zero-order valence-corrected chi connectivity index (χ0v) is 17.5. The minimum absolute atomic E-state index is 0.0200. The van der Waals surface area contributed by atoms with Gasteiger partial charge in [-0.1, -0.05) is 0 Å². The van der Waals surface area contributed by atoms with E-state index in [0.29, 0.717) is 31.3 Å². The van der Waals surface area contributed by atoms with Crippen LogP contribution in [0.1, 0.15) is 51.9 Å². The summed E-state index contributed by atoms with van der Waals surface area (Å²) in [7, 11) is 0. The van der Waals surface area contributed by atoms with E-state index in [0.717, 1.165) is 43.5 Å². The highest BCUT2D eigenvalue weighted by Crippen LogP contribution is 2.56. The second-order valence-electron chi connectivity index (χ2n) is 9.38. The molecular weight excluding hydrogens is 380 g/mol. The lowest BCUT2D eigenvalue weighted by atomic mass is 9.81. The largest absolute Gasteiger partial charge is 0.494 e. The monoisotopic (exact) mass is 410 g/mol. The minimum atomic E-state index is -0.0729. The molecule has 0 radical (unpaired) electrons. The maximum Gasteiger partial charge on any atom is 0.233 e. The van der Waals surface area contributed by atoms with Gasteiger partial charge in [-0.3, -0.25) is 19.3 Å². The third-order valence-corrected chi connectivity index (χ3v) is 7.83. The molecule has 3 aliphatic carbocycles. The molecule has 4 aliphatic rings. The number of likely N-dealkylation sites (tertiary alicyclic amines) is 1. The molecule has 1 heterocycles. The van der Waals surface area contributed by atoms with E-state index in [1.807, 2.05) is 31.2 Å². The third kappa shape index (κ3) is 3.21. The van der Waals surface area contributed by atoms with Gasteiger partial charge in [0, 0.05) is 17.6 Å². The summed E-state index contributed by atoms with van der Waals surface area (Å²) in [5.74, 6) is 1.67. The number of fused-ring (bicyclic) bond motifs is 5. The number of ether oxygens (including phenoxy) is 1. The fourth-order valence-electron chi connectivity index (χ4n) is 6.43. The molecule has 1 N–H and O–H groups in total. The Balaban J connectivity index is 1.17. The molecule has 3 saturated carbocycles. The molecule has 3 amide bonds. The molecule has 0 unspecified atom stereocenters. The number of rotatable bonds is 5. The summed E-state index contributed by atoms with van der Waals surface area (Å²) in [6, 6.07) is 7.38. The van der Waals surface area contributed by atoms with E-state index in [-0.39, 0.29) is 41.5 Å². The maximum atomic E-state index is 13.0. The van der Waals surface area contributed by atoms with E-state index in [1.165, 1.54) is 0 Å². The van der Waals surface area contributed by atoms with Crippen molar-refractivity contribution in [3.8, 4) is 5.75 Å². The summed E-state index contributed by atoms with van der Waals surface area (Å²) in [6.45, 7) is 2.55. The Kier molecular flexibility index (Phi) is 5.03. The van der Waals surface area contributed by atoms with Crippen LogP contribution in [0.3, 0.4) is 0 Å². The van der Waals surface area contributed by atoms with Gasteiger partial charge in [0.1, 0.15) is 5.75 Å². The number of carbonyl (C=O) groups is 3. The van der Waals surface area contributed by atoms with Gasteiger partial charge in [-0.2, -0.15) is 0 Å². The average Bonchev–Trinajstić information content (AvgIpc) is 3.44. The van der Waals surface area contributed by atoms with Gasteiger partial charge in [-0.15, -0.1) is 0 Å². The molecule has 0 aromatic heterocycles. The highest BCUT2D eigenvalue weighted by Gasteiger charge is 2.61. The van der Waals surface area contributed by atoms with Gasteiger partial charge < -0.3 is 10.1 Å². The molecule has 1 aliphatic heterocycles. The molecule has 1 aromatic carbocycles. The molecule has 6 nitrogen and oxygen atoms in total. The van der Waals surface area contributed by atoms with Crippen LogP contribution in [0.5, 0.6) is 5.75 Å². The van der Waals surface area contributed by atoms with Crippen molar-refractivity contribution >= 4 is 23.4 Å². The number of nitrogens with zero attached hydrogens (tertiary/aromatic N) is 1. The Morgan fingerprint density at radius 3 is 2.13 bits per heavy atom. The van der Waals surface area contributed by atoms with Gasteiger partial charge in [0.15, 0.2) is 0 Å². The smallest absolute Gasteiger partial charge is 0.233 e. The molecule has 2 bridgehead atoms. The molecular formula is C24H30N2O4. The highest BCUT2D eigenvalue weighted by atomic mass is 16.5. The Hall–Kier alpha value is -2.37. The van der Waals surface area contributed by atoms with Gasteiger partial charge in [-0.05, 0) is 88.0 Å². The van der Waals surface area contributed by atoms with Crippen molar-refractivity contribution in [2.45, 2.75) is 57.9 Å².